The number of nitrogens with zero attached hydrogens (tertiary/aromatic N) is 4. The number of hydrogen-bond acceptors (Lipinski definition) is 6. The van der Waals surface area contributed by atoms with Crippen LogP contribution in [0.2, 0.25) is 0 Å². The molecule has 178 valence electrons. The fourth-order valence-corrected chi connectivity index (χ4v) is 5.52. The Kier molecular flexibility index (Phi) is 5.50. The molecule has 5 heterocycles. The summed E-state index contributed by atoms with van der Waals surface area (Å²) in [6, 6.07) is 7.61. The van der Waals surface area contributed by atoms with Gasteiger partial charge in [0, 0.05) is 35.0 Å². The second-order valence-electron chi connectivity index (χ2n) is 9.98. The van der Waals surface area contributed by atoms with Crippen molar-refractivity contribution in [2.75, 3.05) is 20.3 Å². The summed E-state index contributed by atoms with van der Waals surface area (Å²) in [5.41, 5.74) is 7.40. The van der Waals surface area contributed by atoms with Crippen LogP contribution in [0.15, 0.2) is 30.7 Å². The molecule has 1 aliphatic carbocycles. The molecule has 1 aliphatic heterocycles. The average molecular weight is 461 g/mol. The van der Waals surface area contributed by atoms with Crippen molar-refractivity contribution >= 4 is 16.7 Å². The van der Waals surface area contributed by atoms with Crippen molar-refractivity contribution < 1.29 is 9.47 Å². The van der Waals surface area contributed by atoms with Crippen molar-refractivity contribution in [2.24, 2.45) is 0 Å². The fraction of sp³-hybridized carbons (Fsp3) is 0.500. The summed E-state index contributed by atoms with van der Waals surface area (Å²) in [6.45, 7) is 6.18. The zero-order valence-corrected chi connectivity index (χ0v) is 20.0. The molecule has 1 saturated heterocycles. The minimum atomic E-state index is 0.313. The monoisotopic (exact) mass is 460 g/mol. The Bertz CT molecular complexity index is 1310. The number of methoxy groups -OCH3 is 1. The maximum absolute atomic E-state index is 5.60. The first kappa shape index (κ1) is 21.6. The van der Waals surface area contributed by atoms with Gasteiger partial charge in [0.2, 0.25) is 0 Å². The van der Waals surface area contributed by atoms with Gasteiger partial charge in [0.25, 0.3) is 0 Å². The molecule has 4 aromatic rings. The van der Waals surface area contributed by atoms with Crippen LogP contribution in [-0.2, 0) is 4.74 Å². The molecule has 8 heteroatoms. The van der Waals surface area contributed by atoms with Crippen LogP contribution in [0.5, 0.6) is 5.75 Å². The maximum atomic E-state index is 5.60. The van der Waals surface area contributed by atoms with Gasteiger partial charge < -0.3 is 19.8 Å². The van der Waals surface area contributed by atoms with Gasteiger partial charge >= 0.3 is 0 Å². The Hall–Kier alpha value is -2.97. The summed E-state index contributed by atoms with van der Waals surface area (Å²) in [5, 5.41) is 8.08. The van der Waals surface area contributed by atoms with Crippen molar-refractivity contribution in [3.63, 3.8) is 0 Å². The predicted octanol–water partition coefficient (Wildman–Crippen LogP) is 4.42. The van der Waals surface area contributed by atoms with E-state index in [4.69, 9.17) is 14.5 Å². The number of nitrogens with one attached hydrogen (secondary N) is 2. The van der Waals surface area contributed by atoms with E-state index in [9.17, 15) is 0 Å². The molecule has 0 bridgehead atoms. The molecule has 4 aromatic heterocycles. The molecule has 2 fully saturated rings. The van der Waals surface area contributed by atoms with Crippen LogP contribution >= 0.6 is 0 Å². The smallest absolute Gasteiger partial charge is 0.197 e. The number of ether oxygens (including phenoxy) is 2. The van der Waals surface area contributed by atoms with Gasteiger partial charge in [-0.2, -0.15) is 5.10 Å². The molecule has 0 spiro atoms. The van der Waals surface area contributed by atoms with E-state index in [1.54, 1.807) is 18.0 Å². The predicted molar refractivity (Wildman–Crippen MR) is 131 cm³/mol. The number of aromatic amines is 1. The normalized spacial score (nSPS) is 21.4. The Morgan fingerprint density at radius 3 is 2.68 bits per heavy atom. The van der Waals surface area contributed by atoms with Crippen molar-refractivity contribution in [2.45, 2.75) is 63.5 Å². The van der Waals surface area contributed by atoms with Gasteiger partial charge in [-0.05, 0) is 49.8 Å². The first-order chi connectivity index (χ1) is 16.6. The van der Waals surface area contributed by atoms with Gasteiger partial charge in [0.15, 0.2) is 11.4 Å². The summed E-state index contributed by atoms with van der Waals surface area (Å²) in [5.74, 6) is 1.54. The van der Waals surface area contributed by atoms with Gasteiger partial charge in [-0.1, -0.05) is 13.8 Å². The Morgan fingerprint density at radius 2 is 1.97 bits per heavy atom. The first-order valence-electron chi connectivity index (χ1n) is 12.3. The second-order valence-corrected chi connectivity index (χ2v) is 9.98. The highest BCUT2D eigenvalue weighted by molar-refractivity contribution is 5.89. The number of rotatable bonds is 6. The molecule has 0 aromatic carbocycles. The lowest BCUT2D eigenvalue weighted by Gasteiger charge is -2.35. The molecule has 2 N–H and O–H groups in total. The topological polar surface area (TPSA) is 89.4 Å². The Morgan fingerprint density at radius 1 is 1.15 bits per heavy atom. The number of pyridine rings is 2. The van der Waals surface area contributed by atoms with Crippen LogP contribution in [0, 0.1) is 0 Å². The number of fused-ring (bicyclic) bond motifs is 2. The summed E-state index contributed by atoms with van der Waals surface area (Å²) >= 11 is 0. The van der Waals surface area contributed by atoms with Crippen LogP contribution in [0.1, 0.15) is 62.6 Å². The van der Waals surface area contributed by atoms with Crippen molar-refractivity contribution in [3.8, 4) is 17.0 Å². The largest absolute Gasteiger partial charge is 0.493 e. The maximum Gasteiger partial charge on any atom is 0.197 e. The molecule has 6 rings (SSSR count). The zero-order valence-electron chi connectivity index (χ0n) is 20.0. The average Bonchev–Trinajstić information content (AvgIpc) is 3.45. The fourth-order valence-electron chi connectivity index (χ4n) is 5.52. The molecular weight excluding hydrogens is 428 g/mol. The zero-order chi connectivity index (χ0) is 23.2. The van der Waals surface area contributed by atoms with Gasteiger partial charge in [0.1, 0.15) is 6.33 Å². The molecule has 2 aliphatic rings. The number of H-pyrrole nitrogens is 1. The highest BCUT2D eigenvalue weighted by Crippen LogP contribution is 2.38. The van der Waals surface area contributed by atoms with E-state index < -0.39 is 0 Å². The van der Waals surface area contributed by atoms with E-state index in [0.717, 1.165) is 35.5 Å². The minimum absolute atomic E-state index is 0.313. The third-order valence-electron chi connectivity index (χ3n) is 7.38. The van der Waals surface area contributed by atoms with Crippen LogP contribution in [0.3, 0.4) is 0 Å². The standard InChI is InChI=1S/C26H32N6O2/c1-15(2)23-24(17-10-22(33-3)26-27-14-28-32(26)11-17)31-21-9-8-20(30-25(21)23)16-4-6-18(7-5-16)29-19-12-34-13-19/h8-11,14-16,18-19,29,31H,4-7,12-13H2,1-3H3. The van der Waals surface area contributed by atoms with E-state index in [2.05, 4.69) is 46.4 Å². The third kappa shape index (κ3) is 3.75. The third-order valence-corrected chi connectivity index (χ3v) is 7.38. The Balaban J connectivity index is 1.33. The summed E-state index contributed by atoms with van der Waals surface area (Å²) in [4.78, 5) is 13.2. The number of aromatic nitrogens is 5. The summed E-state index contributed by atoms with van der Waals surface area (Å²) in [6.07, 6.45) is 8.32. The van der Waals surface area contributed by atoms with E-state index in [-0.39, 0.29) is 0 Å². The lowest BCUT2D eigenvalue weighted by atomic mass is 9.83. The molecule has 0 unspecified atom stereocenters. The van der Waals surface area contributed by atoms with E-state index in [0.29, 0.717) is 35.3 Å². The molecule has 0 amide bonds. The Labute approximate surface area is 199 Å². The quantitative estimate of drug-likeness (QED) is 0.443. The SMILES string of the molecule is COc1cc(-c2[nH]c3ccc(C4CCC(NC5COC5)CC4)nc3c2C(C)C)cn2ncnc12. The molecule has 0 atom stereocenters. The molecule has 8 nitrogen and oxygen atoms in total. The van der Waals surface area contributed by atoms with Gasteiger partial charge in [-0.25, -0.2) is 9.50 Å². The van der Waals surface area contributed by atoms with E-state index in [1.807, 2.05) is 12.3 Å². The second kappa shape index (κ2) is 8.67. The van der Waals surface area contributed by atoms with Crippen LogP contribution in [-0.4, -0.2) is 57.0 Å². The molecule has 34 heavy (non-hydrogen) atoms. The van der Waals surface area contributed by atoms with Crippen LogP contribution in [0.25, 0.3) is 27.9 Å². The molecule has 1 saturated carbocycles. The van der Waals surface area contributed by atoms with Crippen molar-refractivity contribution in [1.82, 2.24) is 29.9 Å². The van der Waals surface area contributed by atoms with E-state index >= 15 is 0 Å². The van der Waals surface area contributed by atoms with Gasteiger partial charge in [0.05, 0.1) is 43.1 Å². The van der Waals surface area contributed by atoms with Gasteiger partial charge in [-0.3, -0.25) is 4.98 Å². The van der Waals surface area contributed by atoms with Crippen LogP contribution in [0.4, 0.5) is 0 Å². The lowest BCUT2D eigenvalue weighted by Crippen LogP contribution is -2.51. The molecule has 0 radical (unpaired) electrons. The highest BCUT2D eigenvalue weighted by Gasteiger charge is 2.28. The lowest BCUT2D eigenvalue weighted by molar-refractivity contribution is -0.0121. The minimum Gasteiger partial charge on any atom is -0.493 e. The van der Waals surface area contributed by atoms with Crippen molar-refractivity contribution in [3.05, 3.63) is 42.0 Å². The van der Waals surface area contributed by atoms with Gasteiger partial charge in [-0.15, -0.1) is 0 Å². The number of hydrogen-bond donors (Lipinski definition) is 2. The van der Waals surface area contributed by atoms with Crippen LogP contribution < -0.4 is 10.1 Å². The van der Waals surface area contributed by atoms with Crippen molar-refractivity contribution in [1.29, 1.82) is 0 Å². The summed E-state index contributed by atoms with van der Waals surface area (Å²) in [7, 11) is 1.67. The van der Waals surface area contributed by atoms with E-state index in [1.165, 1.54) is 36.9 Å². The molecular formula is C26H32N6O2. The first-order valence-corrected chi connectivity index (χ1v) is 12.3. The summed E-state index contributed by atoms with van der Waals surface area (Å²) < 4.78 is 12.7. The highest BCUT2D eigenvalue weighted by atomic mass is 16.5.